The van der Waals surface area contributed by atoms with E-state index in [4.69, 9.17) is 0 Å². The van der Waals surface area contributed by atoms with Crippen LogP contribution in [0.25, 0.3) is 0 Å². The second-order valence-electron chi connectivity index (χ2n) is 6.93. The molecule has 5 heteroatoms. The number of rotatable bonds is 2. The lowest BCUT2D eigenvalue weighted by Crippen LogP contribution is -2.51. The molecular formula is C15H24N2O3. The van der Waals surface area contributed by atoms with E-state index in [0.717, 1.165) is 51.6 Å². The summed E-state index contributed by atoms with van der Waals surface area (Å²) in [6.07, 6.45) is 5.35. The molecular weight excluding hydrogens is 256 g/mol. The molecule has 5 nitrogen and oxygen atoms in total. The summed E-state index contributed by atoms with van der Waals surface area (Å²) in [4.78, 5) is 28.3. The second-order valence-corrected chi connectivity index (χ2v) is 6.93. The molecule has 1 N–H and O–H groups in total. The van der Waals surface area contributed by atoms with Crippen LogP contribution in [0.3, 0.4) is 0 Å². The third-order valence-corrected chi connectivity index (χ3v) is 5.42. The molecule has 1 saturated carbocycles. The van der Waals surface area contributed by atoms with E-state index >= 15 is 0 Å². The van der Waals surface area contributed by atoms with Crippen molar-refractivity contribution in [3.05, 3.63) is 0 Å². The quantitative estimate of drug-likeness (QED) is 0.812. The largest absolute Gasteiger partial charge is 0.389 e. The molecule has 3 aliphatic rings. The van der Waals surface area contributed by atoms with Gasteiger partial charge in [-0.05, 0) is 38.5 Å². The average molecular weight is 280 g/mol. The molecule has 0 radical (unpaired) electrons. The van der Waals surface area contributed by atoms with Gasteiger partial charge in [0.25, 0.3) is 0 Å². The summed E-state index contributed by atoms with van der Waals surface area (Å²) in [5, 5.41) is 10.1. The third kappa shape index (κ3) is 2.22. The van der Waals surface area contributed by atoms with Gasteiger partial charge in [0, 0.05) is 26.7 Å². The summed E-state index contributed by atoms with van der Waals surface area (Å²) < 4.78 is 0. The fourth-order valence-electron chi connectivity index (χ4n) is 3.87. The number of carbonyl (C=O) groups excluding carboxylic acids is 2. The minimum absolute atomic E-state index is 0.0219. The second kappa shape index (κ2) is 4.72. The van der Waals surface area contributed by atoms with Crippen molar-refractivity contribution in [2.45, 2.75) is 50.5 Å². The van der Waals surface area contributed by atoms with Crippen LogP contribution < -0.4 is 0 Å². The van der Waals surface area contributed by atoms with Gasteiger partial charge in [0.2, 0.25) is 11.8 Å². The zero-order valence-electron chi connectivity index (χ0n) is 12.2. The maximum absolute atomic E-state index is 12.4. The van der Waals surface area contributed by atoms with Gasteiger partial charge >= 0.3 is 0 Å². The average Bonchev–Trinajstić information content (AvgIpc) is 2.66. The van der Waals surface area contributed by atoms with Gasteiger partial charge in [0.1, 0.15) is 0 Å². The Hall–Kier alpha value is -1.10. The predicted molar refractivity (Wildman–Crippen MR) is 73.9 cm³/mol. The number of amides is 2. The van der Waals surface area contributed by atoms with Crippen LogP contribution in [0.4, 0.5) is 0 Å². The monoisotopic (exact) mass is 280 g/mol. The fraction of sp³-hybridized carbons (Fsp3) is 0.867. The van der Waals surface area contributed by atoms with E-state index < -0.39 is 5.60 Å². The Labute approximate surface area is 119 Å². The molecule has 1 aliphatic carbocycles. The van der Waals surface area contributed by atoms with E-state index in [2.05, 4.69) is 0 Å². The van der Waals surface area contributed by atoms with E-state index in [1.54, 1.807) is 4.90 Å². The van der Waals surface area contributed by atoms with Gasteiger partial charge in [0.15, 0.2) is 0 Å². The molecule has 2 aliphatic heterocycles. The zero-order chi connectivity index (χ0) is 14.4. The molecule has 1 spiro atoms. The van der Waals surface area contributed by atoms with Crippen molar-refractivity contribution in [1.82, 2.24) is 9.80 Å². The molecule has 1 unspecified atom stereocenters. The van der Waals surface area contributed by atoms with Crippen LogP contribution in [0.1, 0.15) is 44.9 Å². The molecule has 3 rings (SSSR count). The van der Waals surface area contributed by atoms with Crippen molar-refractivity contribution in [1.29, 1.82) is 0 Å². The molecule has 0 aromatic rings. The number of piperidine rings is 1. The lowest BCUT2D eigenvalue weighted by atomic mass is 9.76. The number of nitrogens with zero attached hydrogens (tertiary/aromatic N) is 2. The molecule has 3 fully saturated rings. The van der Waals surface area contributed by atoms with Gasteiger partial charge in [-0.1, -0.05) is 0 Å². The van der Waals surface area contributed by atoms with Crippen molar-refractivity contribution >= 4 is 11.8 Å². The highest BCUT2D eigenvalue weighted by Gasteiger charge is 2.49. The first-order chi connectivity index (χ1) is 9.44. The smallest absolute Gasteiger partial charge is 0.230 e. The van der Waals surface area contributed by atoms with Crippen LogP contribution in [0.5, 0.6) is 0 Å². The van der Waals surface area contributed by atoms with Crippen LogP contribution in [-0.2, 0) is 9.59 Å². The summed E-state index contributed by atoms with van der Waals surface area (Å²) in [7, 11) is 1.84. The van der Waals surface area contributed by atoms with E-state index in [0.29, 0.717) is 6.54 Å². The van der Waals surface area contributed by atoms with Crippen LogP contribution in [0, 0.1) is 5.41 Å². The number of carbonyl (C=O) groups is 2. The lowest BCUT2D eigenvalue weighted by Gasteiger charge is -2.42. The summed E-state index contributed by atoms with van der Waals surface area (Å²) >= 11 is 0. The Morgan fingerprint density at radius 2 is 1.95 bits per heavy atom. The molecule has 2 heterocycles. The van der Waals surface area contributed by atoms with Gasteiger partial charge < -0.3 is 14.9 Å². The SMILES string of the molecule is CN1CCC2(CCCN(C(=O)CC3(O)CCC3)C2)C1=O. The van der Waals surface area contributed by atoms with Gasteiger partial charge in [-0.3, -0.25) is 9.59 Å². The van der Waals surface area contributed by atoms with Crippen molar-refractivity contribution in [3.8, 4) is 0 Å². The highest BCUT2D eigenvalue weighted by atomic mass is 16.3. The summed E-state index contributed by atoms with van der Waals surface area (Å²) in [5.41, 5.74) is -1.11. The van der Waals surface area contributed by atoms with Gasteiger partial charge in [-0.25, -0.2) is 0 Å². The third-order valence-electron chi connectivity index (χ3n) is 5.42. The van der Waals surface area contributed by atoms with Crippen molar-refractivity contribution < 1.29 is 14.7 Å². The van der Waals surface area contributed by atoms with E-state index in [-0.39, 0.29) is 23.7 Å². The normalized spacial score (nSPS) is 32.6. The first-order valence-corrected chi connectivity index (χ1v) is 7.70. The molecule has 20 heavy (non-hydrogen) atoms. The summed E-state index contributed by atoms with van der Waals surface area (Å²) in [5.74, 6) is 0.214. The molecule has 0 aromatic heterocycles. The number of aliphatic hydroxyl groups is 1. The molecule has 112 valence electrons. The van der Waals surface area contributed by atoms with Gasteiger partial charge in [-0.2, -0.15) is 0 Å². The van der Waals surface area contributed by atoms with Crippen LogP contribution in [-0.4, -0.2) is 59.0 Å². The highest BCUT2D eigenvalue weighted by molar-refractivity contribution is 5.86. The summed E-state index contributed by atoms with van der Waals surface area (Å²) in [6.45, 7) is 2.07. The van der Waals surface area contributed by atoms with Crippen molar-refractivity contribution in [3.63, 3.8) is 0 Å². The van der Waals surface area contributed by atoms with Crippen LogP contribution in [0.15, 0.2) is 0 Å². The number of hydrogen-bond acceptors (Lipinski definition) is 3. The predicted octanol–water partition coefficient (Wildman–Crippen LogP) is 0.762. The van der Waals surface area contributed by atoms with Crippen LogP contribution >= 0.6 is 0 Å². The van der Waals surface area contributed by atoms with Crippen LogP contribution in [0.2, 0.25) is 0 Å². The fourth-order valence-corrected chi connectivity index (χ4v) is 3.87. The minimum Gasteiger partial charge on any atom is -0.389 e. The number of likely N-dealkylation sites (tertiary alicyclic amines) is 2. The first kappa shape index (κ1) is 13.9. The standard InChI is InChI=1S/C15H24N2O3/c1-16-9-7-14(13(16)19)4-3-8-17(11-14)12(18)10-15(20)5-2-6-15/h20H,2-11H2,1H3. The Morgan fingerprint density at radius 3 is 2.50 bits per heavy atom. The molecule has 2 saturated heterocycles. The minimum atomic E-state index is -0.766. The zero-order valence-corrected chi connectivity index (χ0v) is 12.2. The summed E-state index contributed by atoms with van der Waals surface area (Å²) in [6, 6.07) is 0. The molecule has 2 amide bonds. The molecule has 0 bridgehead atoms. The van der Waals surface area contributed by atoms with Gasteiger partial charge in [0.05, 0.1) is 17.4 Å². The maximum Gasteiger partial charge on any atom is 0.230 e. The Bertz CT molecular complexity index is 429. The lowest BCUT2D eigenvalue weighted by molar-refractivity contribution is -0.147. The number of hydrogen-bond donors (Lipinski definition) is 1. The maximum atomic E-state index is 12.4. The van der Waals surface area contributed by atoms with E-state index in [1.165, 1.54) is 0 Å². The topological polar surface area (TPSA) is 60.9 Å². The Balaban J connectivity index is 1.66. The highest BCUT2D eigenvalue weighted by Crippen LogP contribution is 2.41. The van der Waals surface area contributed by atoms with Crippen molar-refractivity contribution in [2.75, 3.05) is 26.7 Å². The van der Waals surface area contributed by atoms with E-state index in [1.807, 2.05) is 11.9 Å². The van der Waals surface area contributed by atoms with E-state index in [9.17, 15) is 14.7 Å². The van der Waals surface area contributed by atoms with Gasteiger partial charge in [-0.15, -0.1) is 0 Å². The Kier molecular flexibility index (Phi) is 3.27. The molecule has 1 atom stereocenters. The van der Waals surface area contributed by atoms with Crippen molar-refractivity contribution in [2.24, 2.45) is 5.41 Å². The first-order valence-electron chi connectivity index (χ1n) is 7.70. The molecule has 0 aromatic carbocycles. The Morgan fingerprint density at radius 1 is 1.20 bits per heavy atom.